The van der Waals surface area contributed by atoms with Crippen LogP contribution in [0.4, 0.5) is 0 Å². The molecule has 4 aromatic carbocycles. The molecule has 0 spiro atoms. The number of hydrogen-bond donors (Lipinski definition) is 0. The topological polar surface area (TPSA) is 0 Å². The Kier molecular flexibility index (Phi) is 3.34. The molecule has 1 aliphatic heterocycles. The molecule has 1 heteroatoms. The van der Waals surface area contributed by atoms with Crippen molar-refractivity contribution in [3.8, 4) is 0 Å². The molecule has 0 saturated heterocycles. The number of fused-ring (bicyclic) bond motifs is 5. The Morgan fingerprint density at radius 2 is 1.00 bits per heavy atom. The second kappa shape index (κ2) is 6.00. The average Bonchev–Trinajstić information content (AvgIpc) is 3.45. The van der Waals surface area contributed by atoms with Crippen LogP contribution in [-0.2, 0) is 0 Å². The summed E-state index contributed by atoms with van der Waals surface area (Å²) < 4.78 is 0. The Balaban J connectivity index is 1.53. The minimum atomic E-state index is -1.53. The zero-order valence-corrected chi connectivity index (χ0v) is 19.4. The van der Waals surface area contributed by atoms with E-state index in [-0.39, 0.29) is 0 Å². The lowest BCUT2D eigenvalue weighted by Gasteiger charge is -2.34. The Morgan fingerprint density at radius 1 is 0.562 bits per heavy atom. The van der Waals surface area contributed by atoms with Crippen LogP contribution in [0.1, 0.15) is 54.4 Å². The van der Waals surface area contributed by atoms with E-state index in [1.165, 1.54) is 64.8 Å². The summed E-state index contributed by atoms with van der Waals surface area (Å²) in [5, 5.41) is 9.31. The van der Waals surface area contributed by atoms with E-state index in [0.717, 1.165) is 5.66 Å². The van der Waals surface area contributed by atoms with Crippen molar-refractivity contribution >= 4 is 50.6 Å². The van der Waals surface area contributed by atoms with Gasteiger partial charge in [0.25, 0.3) is 0 Å². The van der Waals surface area contributed by atoms with E-state index in [1.54, 1.807) is 32.9 Å². The molecule has 0 aromatic heterocycles. The fourth-order valence-corrected chi connectivity index (χ4v) is 12.7. The number of allylic oxidation sites excluding steroid dienone is 2. The SMILES string of the molecule is C[P+]1(C2CCCCC2)C2=C(C3=C1c1cccc4cccc3c14)c1cccc3cccc2c13. The Hall–Kier alpha value is -2.69. The van der Waals surface area contributed by atoms with Gasteiger partial charge in [-0.25, -0.2) is 0 Å². The normalized spacial score (nSPS) is 20.5. The smallest absolute Gasteiger partial charge is 0.0610 e. The monoisotopic (exact) mass is 429 g/mol. The molecule has 0 bridgehead atoms. The molecule has 8 rings (SSSR count). The number of hydrogen-bond acceptors (Lipinski definition) is 0. The first kappa shape index (κ1) is 17.8. The molecule has 0 atom stereocenters. The van der Waals surface area contributed by atoms with Gasteiger partial charge in [-0.3, -0.25) is 0 Å². The van der Waals surface area contributed by atoms with Gasteiger partial charge in [-0.2, -0.15) is 0 Å². The van der Waals surface area contributed by atoms with Crippen molar-refractivity contribution in [2.45, 2.75) is 37.8 Å². The highest BCUT2D eigenvalue weighted by molar-refractivity contribution is 7.95. The first-order valence-corrected chi connectivity index (χ1v) is 14.5. The van der Waals surface area contributed by atoms with E-state index in [0.29, 0.717) is 0 Å². The molecule has 0 nitrogen and oxygen atoms in total. The summed E-state index contributed by atoms with van der Waals surface area (Å²) in [6.07, 6.45) is 7.02. The van der Waals surface area contributed by atoms with Crippen molar-refractivity contribution in [3.05, 3.63) is 95.1 Å². The summed E-state index contributed by atoms with van der Waals surface area (Å²) in [6.45, 7) is 2.72. The summed E-state index contributed by atoms with van der Waals surface area (Å²) >= 11 is 0. The molecule has 1 heterocycles. The van der Waals surface area contributed by atoms with Gasteiger partial charge in [-0.15, -0.1) is 0 Å². The van der Waals surface area contributed by atoms with E-state index in [4.69, 9.17) is 0 Å². The van der Waals surface area contributed by atoms with Gasteiger partial charge >= 0.3 is 0 Å². The molecule has 0 N–H and O–H groups in total. The molecule has 3 aliphatic carbocycles. The standard InChI is InChI=1S/C31H26P/c1-32(21-13-3-2-4-14-21)30-24-17-7-11-19-9-5-15-22(26(19)24)28(30)29-23-16-6-10-20-12-8-18-25(27(20)23)31(29)32/h5-12,15-18,21H,2-4,13-14H2,1H3/q+1. The molecule has 32 heavy (non-hydrogen) atoms. The maximum Gasteiger partial charge on any atom is 0.116 e. The maximum atomic E-state index is 2.72. The first-order valence-electron chi connectivity index (χ1n) is 12.2. The van der Waals surface area contributed by atoms with Crippen molar-refractivity contribution in [2.75, 3.05) is 6.66 Å². The molecule has 4 aliphatic rings. The Bertz CT molecular complexity index is 1440. The Morgan fingerprint density at radius 3 is 1.47 bits per heavy atom. The molecule has 0 amide bonds. The van der Waals surface area contributed by atoms with Crippen LogP contribution in [0.2, 0.25) is 0 Å². The van der Waals surface area contributed by atoms with E-state index < -0.39 is 7.26 Å². The lowest BCUT2D eigenvalue weighted by molar-refractivity contribution is 0.511. The van der Waals surface area contributed by atoms with Crippen molar-refractivity contribution < 1.29 is 0 Å². The third kappa shape index (κ3) is 1.92. The molecule has 1 fully saturated rings. The van der Waals surface area contributed by atoms with Crippen LogP contribution in [0, 0.1) is 0 Å². The lowest BCUT2D eigenvalue weighted by Crippen LogP contribution is -2.17. The van der Waals surface area contributed by atoms with Gasteiger partial charge < -0.3 is 0 Å². The predicted octanol–water partition coefficient (Wildman–Crippen LogP) is 9.05. The van der Waals surface area contributed by atoms with Crippen molar-refractivity contribution in [2.24, 2.45) is 0 Å². The van der Waals surface area contributed by atoms with Crippen LogP contribution in [0.5, 0.6) is 0 Å². The highest BCUT2D eigenvalue weighted by atomic mass is 31.2. The lowest BCUT2D eigenvalue weighted by atomic mass is 9.94. The molecule has 0 radical (unpaired) electrons. The van der Waals surface area contributed by atoms with Gasteiger partial charge in [0.05, 0.1) is 19.6 Å². The van der Waals surface area contributed by atoms with Crippen LogP contribution in [0.25, 0.3) is 43.3 Å². The van der Waals surface area contributed by atoms with E-state index in [1.807, 2.05) is 0 Å². The molecule has 154 valence electrons. The fraction of sp³-hybridized carbons (Fsp3) is 0.226. The van der Waals surface area contributed by atoms with E-state index in [9.17, 15) is 0 Å². The Labute approximate surface area is 190 Å². The molecular formula is C31H26P+. The molecule has 4 aromatic rings. The maximum absolute atomic E-state index is 2.72. The van der Waals surface area contributed by atoms with Crippen LogP contribution >= 0.6 is 7.26 Å². The minimum absolute atomic E-state index is 0.822. The second-order valence-corrected chi connectivity index (χ2v) is 14.0. The number of rotatable bonds is 1. The predicted molar refractivity (Wildman–Crippen MR) is 141 cm³/mol. The third-order valence-electron chi connectivity index (χ3n) is 8.82. The summed E-state index contributed by atoms with van der Waals surface area (Å²) in [4.78, 5) is 0. The fourth-order valence-electron chi connectivity index (χ4n) is 7.56. The molecule has 0 unspecified atom stereocenters. The van der Waals surface area contributed by atoms with E-state index >= 15 is 0 Å². The van der Waals surface area contributed by atoms with Crippen molar-refractivity contribution in [1.29, 1.82) is 0 Å². The zero-order chi connectivity index (χ0) is 21.0. The van der Waals surface area contributed by atoms with Gasteiger partial charge in [-0.1, -0.05) is 79.2 Å². The van der Waals surface area contributed by atoms with E-state index in [2.05, 4.69) is 79.5 Å². The summed E-state index contributed by atoms with van der Waals surface area (Å²) in [7, 11) is -1.53. The summed E-state index contributed by atoms with van der Waals surface area (Å²) in [6, 6.07) is 28.0. The van der Waals surface area contributed by atoms with Gasteiger partial charge in [-0.05, 0) is 47.6 Å². The van der Waals surface area contributed by atoms with Crippen LogP contribution < -0.4 is 0 Å². The summed E-state index contributed by atoms with van der Waals surface area (Å²) in [5.41, 5.74) is 10.1. The molecular weight excluding hydrogens is 403 g/mol. The van der Waals surface area contributed by atoms with Crippen molar-refractivity contribution in [3.63, 3.8) is 0 Å². The molecule has 1 saturated carbocycles. The summed E-state index contributed by atoms with van der Waals surface area (Å²) in [5.74, 6) is 0. The highest BCUT2D eigenvalue weighted by Crippen LogP contribution is 2.89. The van der Waals surface area contributed by atoms with Gasteiger partial charge in [0.2, 0.25) is 0 Å². The highest BCUT2D eigenvalue weighted by Gasteiger charge is 2.60. The van der Waals surface area contributed by atoms with Gasteiger partial charge in [0.15, 0.2) is 0 Å². The van der Waals surface area contributed by atoms with Crippen LogP contribution in [-0.4, -0.2) is 12.3 Å². The number of benzene rings is 4. The van der Waals surface area contributed by atoms with Crippen LogP contribution in [0.3, 0.4) is 0 Å². The van der Waals surface area contributed by atoms with Crippen LogP contribution in [0.15, 0.2) is 72.8 Å². The average molecular weight is 430 g/mol. The van der Waals surface area contributed by atoms with Gasteiger partial charge in [0.1, 0.15) is 10.6 Å². The third-order valence-corrected chi connectivity index (χ3v) is 13.6. The quantitative estimate of drug-likeness (QED) is 0.265. The first-order chi connectivity index (χ1) is 15.8. The largest absolute Gasteiger partial charge is 0.116 e. The van der Waals surface area contributed by atoms with Gasteiger partial charge in [0, 0.05) is 33.0 Å². The van der Waals surface area contributed by atoms with Crippen molar-refractivity contribution in [1.82, 2.24) is 0 Å². The minimum Gasteiger partial charge on any atom is -0.0610 e. The second-order valence-electron chi connectivity index (χ2n) is 10.2. The zero-order valence-electron chi connectivity index (χ0n) is 18.5.